The van der Waals surface area contributed by atoms with Gasteiger partial charge in [-0.3, -0.25) is 4.98 Å². The number of rotatable bonds is 2. The number of nitrogens with zero attached hydrogens (tertiary/aromatic N) is 1. The van der Waals surface area contributed by atoms with Gasteiger partial charge in [-0.15, -0.1) is 0 Å². The zero-order valence-corrected chi connectivity index (χ0v) is 21.0. The van der Waals surface area contributed by atoms with E-state index >= 15 is 0 Å². The summed E-state index contributed by atoms with van der Waals surface area (Å²) in [6, 6.07) is 6.00. The van der Waals surface area contributed by atoms with E-state index in [1.165, 1.54) is 0 Å². The Morgan fingerprint density at radius 1 is 0.958 bits per heavy atom. The molecule has 0 N–H and O–H groups in total. The van der Waals surface area contributed by atoms with Gasteiger partial charge in [-0.1, -0.05) is 6.07 Å². The van der Waals surface area contributed by atoms with Gasteiger partial charge in [-0.25, -0.2) is 0 Å². The van der Waals surface area contributed by atoms with Crippen molar-refractivity contribution in [3.63, 3.8) is 0 Å². The summed E-state index contributed by atoms with van der Waals surface area (Å²) in [5, 5.41) is 0.676. The van der Waals surface area contributed by atoms with E-state index < -0.39 is 15.1 Å². The summed E-state index contributed by atoms with van der Waals surface area (Å²) in [6.07, 6.45) is 0. The maximum Gasteiger partial charge on any atom is 2.00 e. The third kappa shape index (κ3) is 13.7. The average molecular weight is 466 g/mol. The predicted octanol–water partition coefficient (Wildman–Crippen LogP) is 6.52. The average Bonchev–Trinajstić information content (AvgIpc) is 2.22. The van der Waals surface area contributed by atoms with Crippen LogP contribution in [0.4, 0.5) is 0 Å². The Bertz CT molecular complexity index is 482. The monoisotopic (exact) mass is 465 g/mol. The first-order valence-electron chi connectivity index (χ1n) is 7.94. The molecule has 5 heteroatoms. The summed E-state index contributed by atoms with van der Waals surface area (Å²) in [4.78, 5) is 4.17. The Balaban J connectivity index is -0.000000378. The molecule has 0 aliphatic rings. The SMILES string of the molecule is CC(C)(C)[PH+](CP(C)(C)=O)C(C)(C)C.Cc1cccc(C)n1.[CH3-].[Pd+2]. The van der Waals surface area contributed by atoms with Crippen molar-refractivity contribution < 1.29 is 25.0 Å². The minimum absolute atomic E-state index is 0. The molecular weight excluding hydrogens is 427 g/mol. The van der Waals surface area contributed by atoms with E-state index in [2.05, 4.69) is 46.5 Å². The smallest absolute Gasteiger partial charge is 0.358 e. The molecule has 0 aromatic carbocycles. The number of aryl methyl sites for hydroxylation is 2. The van der Waals surface area contributed by atoms with Gasteiger partial charge < -0.3 is 12.0 Å². The van der Waals surface area contributed by atoms with Crippen molar-refractivity contribution >= 4 is 15.1 Å². The van der Waals surface area contributed by atoms with Gasteiger partial charge in [0.1, 0.15) is 13.0 Å². The molecular formula is C19H39NOP2Pd+2. The summed E-state index contributed by atoms with van der Waals surface area (Å²) in [6.45, 7) is 21.6. The van der Waals surface area contributed by atoms with Gasteiger partial charge in [0.25, 0.3) is 0 Å². The van der Waals surface area contributed by atoms with E-state index in [1.807, 2.05) is 45.4 Å². The third-order valence-electron chi connectivity index (χ3n) is 3.38. The van der Waals surface area contributed by atoms with Gasteiger partial charge in [0.15, 0.2) is 0 Å². The fourth-order valence-electron chi connectivity index (χ4n) is 2.66. The van der Waals surface area contributed by atoms with Crippen molar-refractivity contribution in [2.45, 2.75) is 65.7 Å². The van der Waals surface area contributed by atoms with Gasteiger partial charge in [0.05, 0.1) is 10.3 Å². The molecule has 0 unspecified atom stereocenters. The first-order chi connectivity index (χ1) is 9.63. The second kappa shape index (κ2) is 11.2. The van der Waals surface area contributed by atoms with E-state index in [0.717, 1.165) is 17.3 Å². The molecule has 0 atom stereocenters. The molecule has 1 aromatic heterocycles. The van der Waals surface area contributed by atoms with Crippen molar-refractivity contribution in [1.29, 1.82) is 0 Å². The van der Waals surface area contributed by atoms with Crippen LogP contribution in [0.3, 0.4) is 0 Å². The van der Waals surface area contributed by atoms with Crippen LogP contribution in [0, 0.1) is 21.3 Å². The Kier molecular flexibility index (Phi) is 13.7. The van der Waals surface area contributed by atoms with E-state index in [1.54, 1.807) is 0 Å². The predicted molar refractivity (Wildman–Crippen MR) is 112 cm³/mol. The Hall–Kier alpha value is 0.472. The van der Waals surface area contributed by atoms with Gasteiger partial charge in [-0.2, -0.15) is 0 Å². The van der Waals surface area contributed by atoms with Crippen molar-refractivity contribution in [2.24, 2.45) is 0 Å². The minimum Gasteiger partial charge on any atom is -0.358 e. The molecule has 0 radical (unpaired) electrons. The van der Waals surface area contributed by atoms with Crippen LogP contribution in [-0.2, 0) is 25.0 Å². The minimum atomic E-state index is -1.87. The van der Waals surface area contributed by atoms with E-state index in [9.17, 15) is 4.57 Å². The zero-order chi connectivity index (χ0) is 17.8. The van der Waals surface area contributed by atoms with Crippen LogP contribution in [0.15, 0.2) is 18.2 Å². The second-order valence-electron chi connectivity index (χ2n) is 8.63. The van der Waals surface area contributed by atoms with E-state index in [-0.39, 0.29) is 27.8 Å². The summed E-state index contributed by atoms with van der Waals surface area (Å²) in [5.74, 6) is 0.963. The van der Waals surface area contributed by atoms with Crippen LogP contribution in [0.1, 0.15) is 52.9 Å². The molecule has 1 aromatic rings. The molecule has 144 valence electrons. The number of hydrogen-bond acceptors (Lipinski definition) is 2. The normalized spacial score (nSPS) is 11.8. The summed E-state index contributed by atoms with van der Waals surface area (Å²) >= 11 is 0. The molecule has 1 heterocycles. The second-order valence-corrected chi connectivity index (χ2v) is 17.0. The molecule has 24 heavy (non-hydrogen) atoms. The maximum atomic E-state index is 11.9. The van der Waals surface area contributed by atoms with Crippen LogP contribution in [0.2, 0.25) is 0 Å². The first-order valence-corrected chi connectivity index (χ1v) is 12.4. The summed E-state index contributed by atoms with van der Waals surface area (Å²) < 4.78 is 11.9. The van der Waals surface area contributed by atoms with Crippen molar-refractivity contribution in [2.75, 3.05) is 19.2 Å². The molecule has 0 saturated carbocycles. The fraction of sp³-hybridized carbons (Fsp3) is 0.684. The Labute approximate surface area is 166 Å². The Morgan fingerprint density at radius 2 is 1.29 bits per heavy atom. The van der Waals surface area contributed by atoms with Crippen LogP contribution in [-0.4, -0.2) is 34.5 Å². The summed E-state index contributed by atoms with van der Waals surface area (Å²) in [5.41, 5.74) is 2.18. The largest absolute Gasteiger partial charge is 2.00 e. The number of hydrogen-bond donors (Lipinski definition) is 0. The molecule has 0 amide bonds. The molecule has 0 saturated heterocycles. The summed E-state index contributed by atoms with van der Waals surface area (Å²) in [7, 11) is -2.47. The van der Waals surface area contributed by atoms with Crippen LogP contribution in [0.5, 0.6) is 0 Å². The van der Waals surface area contributed by atoms with Crippen molar-refractivity contribution in [3.8, 4) is 0 Å². The molecule has 0 aliphatic carbocycles. The van der Waals surface area contributed by atoms with Crippen LogP contribution >= 0.6 is 15.1 Å². The molecule has 0 aliphatic heterocycles. The van der Waals surface area contributed by atoms with Gasteiger partial charge >= 0.3 is 20.4 Å². The van der Waals surface area contributed by atoms with Crippen LogP contribution in [0.25, 0.3) is 0 Å². The van der Waals surface area contributed by atoms with Crippen molar-refractivity contribution in [1.82, 2.24) is 4.98 Å². The molecule has 0 bridgehead atoms. The van der Waals surface area contributed by atoms with Crippen LogP contribution < -0.4 is 0 Å². The van der Waals surface area contributed by atoms with Gasteiger partial charge in [0.2, 0.25) is 0 Å². The quantitative estimate of drug-likeness (QED) is 0.282. The first kappa shape index (κ1) is 29.2. The molecule has 0 spiro atoms. The van der Waals surface area contributed by atoms with E-state index in [4.69, 9.17) is 0 Å². The molecule has 2 nitrogen and oxygen atoms in total. The molecule has 1 rings (SSSR count). The van der Waals surface area contributed by atoms with E-state index in [0.29, 0.717) is 10.3 Å². The number of pyridine rings is 1. The Morgan fingerprint density at radius 3 is 1.42 bits per heavy atom. The maximum absolute atomic E-state index is 11.9. The van der Waals surface area contributed by atoms with Gasteiger partial charge in [0, 0.05) is 19.3 Å². The standard InChI is InChI=1S/C11H26OP2.C7H9N.CH3.Pd/c1-10(2,3)13(11(4,5)6)9-14(7,8)12;1-6-4-3-5-7(2)8-6;;/h9H2,1-8H3;3-5H,1-2H3;1H3;/q;;-1;+2/p+1. The fourth-order valence-corrected chi connectivity index (χ4v) is 11.8. The zero-order valence-electron chi connectivity index (χ0n) is 17.6. The third-order valence-corrected chi connectivity index (χ3v) is 11.3. The molecule has 0 fully saturated rings. The number of aromatic nitrogens is 1. The topological polar surface area (TPSA) is 30.0 Å². The van der Waals surface area contributed by atoms with Gasteiger partial charge in [-0.05, 0) is 80.9 Å². The van der Waals surface area contributed by atoms with Crippen molar-refractivity contribution in [3.05, 3.63) is 37.0 Å².